The van der Waals surface area contributed by atoms with Crippen molar-refractivity contribution in [2.75, 3.05) is 6.61 Å². The smallest absolute Gasteiger partial charge is 0.120 e. The first kappa shape index (κ1) is 19.0. The molecule has 0 saturated heterocycles. The van der Waals surface area contributed by atoms with E-state index in [9.17, 15) is 5.11 Å². The van der Waals surface area contributed by atoms with Gasteiger partial charge >= 0.3 is 0 Å². The Kier molecular flexibility index (Phi) is 5.73. The summed E-state index contributed by atoms with van der Waals surface area (Å²) in [7, 11) is 0. The highest BCUT2D eigenvalue weighted by atomic mass is 16.5. The zero-order chi connectivity index (χ0) is 20.1. The molecule has 3 aromatic carbocycles. The topological polar surface area (TPSA) is 54.4 Å². The van der Waals surface area contributed by atoms with Gasteiger partial charge in [0, 0.05) is 36.4 Å². The minimum absolute atomic E-state index is 0.317. The van der Waals surface area contributed by atoms with Crippen molar-refractivity contribution in [1.82, 2.24) is 10.3 Å². The van der Waals surface area contributed by atoms with Crippen LogP contribution in [0.25, 0.3) is 21.9 Å². The summed E-state index contributed by atoms with van der Waals surface area (Å²) in [5.41, 5.74) is 4.40. The lowest BCUT2D eigenvalue weighted by Crippen LogP contribution is -2.13. The van der Waals surface area contributed by atoms with Gasteiger partial charge in [0.15, 0.2) is 0 Å². The second kappa shape index (κ2) is 8.76. The fraction of sp³-hybridized carbons (Fsp3) is 0.160. The number of para-hydroxylation sites is 1. The van der Waals surface area contributed by atoms with Gasteiger partial charge in [0.05, 0.1) is 6.61 Å². The van der Waals surface area contributed by atoms with Crippen LogP contribution in [-0.4, -0.2) is 16.7 Å². The van der Waals surface area contributed by atoms with Crippen LogP contribution >= 0.6 is 0 Å². The van der Waals surface area contributed by atoms with Crippen LogP contribution in [-0.2, 0) is 13.1 Å². The van der Waals surface area contributed by atoms with E-state index in [1.165, 1.54) is 16.5 Å². The van der Waals surface area contributed by atoms with Gasteiger partial charge in [-0.3, -0.25) is 4.98 Å². The van der Waals surface area contributed by atoms with Crippen molar-refractivity contribution in [1.29, 1.82) is 0 Å². The van der Waals surface area contributed by atoms with Crippen molar-refractivity contribution in [2.45, 2.75) is 20.0 Å². The average Bonchev–Trinajstić information content (AvgIpc) is 2.76. The van der Waals surface area contributed by atoms with Crippen LogP contribution < -0.4 is 10.1 Å². The Morgan fingerprint density at radius 1 is 0.862 bits per heavy atom. The number of phenolic OH excluding ortho intramolecular Hbond substituents is 1. The van der Waals surface area contributed by atoms with Gasteiger partial charge in [0.1, 0.15) is 11.5 Å². The average molecular weight is 384 g/mol. The molecule has 0 amide bonds. The van der Waals surface area contributed by atoms with E-state index in [0.717, 1.165) is 22.3 Å². The lowest BCUT2D eigenvalue weighted by atomic mass is 9.96. The standard InChI is InChI=1S/C25H24N2O2/c1-2-29-21-10-7-18(8-11-21)22-12-9-19(24-17-26-14-13-23(22)24)15-27-16-20-5-3-4-6-25(20)28/h3-14,17,27-28H,2,15-16H2,1H3. The molecule has 1 aromatic heterocycles. The number of nitrogens with zero attached hydrogens (tertiary/aromatic N) is 1. The maximum Gasteiger partial charge on any atom is 0.120 e. The predicted octanol–water partition coefficient (Wildman–Crippen LogP) is 5.30. The van der Waals surface area contributed by atoms with Crippen LogP contribution in [0.3, 0.4) is 0 Å². The van der Waals surface area contributed by atoms with Gasteiger partial charge in [-0.15, -0.1) is 0 Å². The zero-order valence-electron chi connectivity index (χ0n) is 16.4. The number of aromatic nitrogens is 1. The van der Waals surface area contributed by atoms with E-state index in [4.69, 9.17) is 4.74 Å². The molecular formula is C25H24N2O2. The van der Waals surface area contributed by atoms with Crippen LogP contribution in [0.1, 0.15) is 18.1 Å². The van der Waals surface area contributed by atoms with Crippen molar-refractivity contribution in [3.05, 3.63) is 90.3 Å². The van der Waals surface area contributed by atoms with Gasteiger partial charge in [0.2, 0.25) is 0 Å². The molecule has 4 nitrogen and oxygen atoms in total. The van der Waals surface area contributed by atoms with E-state index in [1.54, 1.807) is 6.07 Å². The first-order chi connectivity index (χ1) is 14.3. The Bertz CT molecular complexity index is 1110. The van der Waals surface area contributed by atoms with E-state index < -0.39 is 0 Å². The van der Waals surface area contributed by atoms with Gasteiger partial charge in [0.25, 0.3) is 0 Å². The molecule has 4 heteroatoms. The molecule has 0 saturated carbocycles. The van der Waals surface area contributed by atoms with E-state index in [-0.39, 0.29) is 0 Å². The molecule has 0 fully saturated rings. The molecule has 0 unspecified atom stereocenters. The largest absolute Gasteiger partial charge is 0.508 e. The summed E-state index contributed by atoms with van der Waals surface area (Å²) < 4.78 is 5.56. The third-order valence-electron chi connectivity index (χ3n) is 5.01. The number of ether oxygens (including phenoxy) is 1. The number of hydrogen-bond acceptors (Lipinski definition) is 4. The monoisotopic (exact) mass is 384 g/mol. The van der Waals surface area contributed by atoms with Crippen molar-refractivity contribution in [3.8, 4) is 22.6 Å². The molecule has 0 spiro atoms. The summed E-state index contributed by atoms with van der Waals surface area (Å²) in [4.78, 5) is 4.34. The molecule has 1 heterocycles. The summed E-state index contributed by atoms with van der Waals surface area (Å²) in [6.07, 6.45) is 3.75. The second-order valence-corrected chi connectivity index (χ2v) is 6.88. The third kappa shape index (κ3) is 4.23. The van der Waals surface area contributed by atoms with Gasteiger partial charge in [-0.05, 0) is 53.3 Å². The van der Waals surface area contributed by atoms with Crippen LogP contribution in [0.15, 0.2) is 79.1 Å². The van der Waals surface area contributed by atoms with E-state index in [0.29, 0.717) is 25.4 Å². The van der Waals surface area contributed by atoms with Gasteiger partial charge in [-0.25, -0.2) is 0 Å². The summed E-state index contributed by atoms with van der Waals surface area (Å²) >= 11 is 0. The first-order valence-electron chi connectivity index (χ1n) is 9.82. The van der Waals surface area contributed by atoms with Gasteiger partial charge in [-0.1, -0.05) is 42.5 Å². The highest BCUT2D eigenvalue weighted by molar-refractivity contribution is 5.98. The first-order valence-corrected chi connectivity index (χ1v) is 9.82. The van der Waals surface area contributed by atoms with Crippen molar-refractivity contribution in [3.63, 3.8) is 0 Å². The summed E-state index contributed by atoms with van der Waals surface area (Å²) in [6, 6.07) is 22.0. The zero-order valence-corrected chi connectivity index (χ0v) is 16.4. The Labute approximate surface area is 170 Å². The molecule has 0 aliphatic carbocycles. The SMILES string of the molecule is CCOc1ccc(-c2ccc(CNCc3ccccc3O)c3cnccc23)cc1. The van der Waals surface area contributed by atoms with Crippen LogP contribution in [0, 0.1) is 0 Å². The molecule has 4 rings (SSSR count). The molecular weight excluding hydrogens is 360 g/mol. The summed E-state index contributed by atoms with van der Waals surface area (Å²) in [6.45, 7) is 3.95. The number of fused-ring (bicyclic) bond motifs is 1. The van der Waals surface area contributed by atoms with E-state index >= 15 is 0 Å². The fourth-order valence-corrected chi connectivity index (χ4v) is 3.54. The van der Waals surface area contributed by atoms with Crippen molar-refractivity contribution >= 4 is 10.8 Å². The van der Waals surface area contributed by atoms with Crippen LogP contribution in [0.5, 0.6) is 11.5 Å². The lowest BCUT2D eigenvalue weighted by Gasteiger charge is -2.13. The van der Waals surface area contributed by atoms with Crippen molar-refractivity contribution < 1.29 is 9.84 Å². The summed E-state index contributed by atoms with van der Waals surface area (Å²) in [5, 5.41) is 15.7. The van der Waals surface area contributed by atoms with Crippen molar-refractivity contribution in [2.24, 2.45) is 0 Å². The number of nitrogens with one attached hydrogen (secondary N) is 1. The molecule has 2 N–H and O–H groups in total. The number of rotatable bonds is 7. The normalized spacial score (nSPS) is 10.9. The van der Waals surface area contributed by atoms with E-state index in [1.807, 2.05) is 49.6 Å². The molecule has 0 bridgehead atoms. The Balaban J connectivity index is 1.59. The Morgan fingerprint density at radius 2 is 1.66 bits per heavy atom. The number of phenols is 1. The molecule has 4 aromatic rings. The molecule has 0 aliphatic heterocycles. The minimum atomic E-state index is 0.317. The summed E-state index contributed by atoms with van der Waals surface area (Å²) in [5.74, 6) is 1.20. The second-order valence-electron chi connectivity index (χ2n) is 6.88. The fourth-order valence-electron chi connectivity index (χ4n) is 3.54. The third-order valence-corrected chi connectivity index (χ3v) is 5.01. The van der Waals surface area contributed by atoms with Gasteiger partial charge in [-0.2, -0.15) is 0 Å². The maximum atomic E-state index is 9.94. The molecule has 0 aliphatic rings. The number of benzene rings is 3. The Hall–Kier alpha value is -3.37. The maximum absolute atomic E-state index is 9.94. The number of hydrogen-bond donors (Lipinski definition) is 2. The molecule has 146 valence electrons. The molecule has 0 radical (unpaired) electrons. The molecule has 0 atom stereocenters. The lowest BCUT2D eigenvalue weighted by molar-refractivity contribution is 0.340. The van der Waals surface area contributed by atoms with Crippen LogP contribution in [0.4, 0.5) is 0 Å². The van der Waals surface area contributed by atoms with Crippen LogP contribution in [0.2, 0.25) is 0 Å². The highest BCUT2D eigenvalue weighted by Gasteiger charge is 2.09. The number of pyridine rings is 1. The minimum Gasteiger partial charge on any atom is -0.508 e. The predicted molar refractivity (Wildman–Crippen MR) is 117 cm³/mol. The quantitative estimate of drug-likeness (QED) is 0.454. The van der Waals surface area contributed by atoms with Gasteiger partial charge < -0.3 is 15.2 Å². The highest BCUT2D eigenvalue weighted by Crippen LogP contribution is 2.31. The molecule has 29 heavy (non-hydrogen) atoms. The van der Waals surface area contributed by atoms with E-state index in [2.05, 4.69) is 40.6 Å². The Morgan fingerprint density at radius 3 is 2.45 bits per heavy atom. The number of aromatic hydroxyl groups is 1.